The van der Waals surface area contributed by atoms with E-state index in [1.807, 2.05) is 24.3 Å². The van der Waals surface area contributed by atoms with Gasteiger partial charge in [-0.2, -0.15) is 0 Å². The molecule has 0 bridgehead atoms. The Morgan fingerprint density at radius 2 is 1.85 bits per heavy atom. The number of hydrogen-bond donors (Lipinski definition) is 1. The molecule has 27 heavy (non-hydrogen) atoms. The van der Waals surface area contributed by atoms with Gasteiger partial charge in [0.25, 0.3) is 0 Å². The average molecular weight is 369 g/mol. The molecule has 2 saturated heterocycles. The van der Waals surface area contributed by atoms with Crippen molar-refractivity contribution in [1.29, 1.82) is 0 Å². The Morgan fingerprint density at radius 1 is 1.11 bits per heavy atom. The highest BCUT2D eigenvalue weighted by Gasteiger charge is 2.47. The van der Waals surface area contributed by atoms with Crippen molar-refractivity contribution < 1.29 is 19.2 Å². The molecule has 2 aliphatic heterocycles. The van der Waals surface area contributed by atoms with E-state index in [-0.39, 0.29) is 23.7 Å². The molecule has 5 nitrogen and oxygen atoms in total. The first-order chi connectivity index (χ1) is 13.2. The van der Waals surface area contributed by atoms with Crippen LogP contribution in [0.25, 0.3) is 0 Å². The number of ether oxygens (including phenoxy) is 1. The molecule has 2 heterocycles. The minimum absolute atomic E-state index is 0.0188. The first-order valence-electron chi connectivity index (χ1n) is 10.3. The van der Waals surface area contributed by atoms with E-state index in [2.05, 4.69) is 13.0 Å². The number of amides is 2. The van der Waals surface area contributed by atoms with Gasteiger partial charge in [-0.3, -0.25) is 14.5 Å². The Bertz CT molecular complexity index is 734. The van der Waals surface area contributed by atoms with Gasteiger partial charge in [0.1, 0.15) is 18.8 Å². The summed E-state index contributed by atoms with van der Waals surface area (Å²) in [6.45, 7) is 5.56. The second kappa shape index (κ2) is 7.95. The molecule has 1 aromatic rings. The Labute approximate surface area is 161 Å². The molecule has 2 atom stereocenters. The van der Waals surface area contributed by atoms with Crippen LogP contribution in [0.5, 0.6) is 0 Å². The number of morpholine rings is 1. The van der Waals surface area contributed by atoms with Crippen LogP contribution in [0.3, 0.4) is 0 Å². The first kappa shape index (κ1) is 18.4. The van der Waals surface area contributed by atoms with Crippen LogP contribution < -0.4 is 9.80 Å². The minimum atomic E-state index is -0.217. The van der Waals surface area contributed by atoms with Crippen molar-refractivity contribution in [3.63, 3.8) is 0 Å². The van der Waals surface area contributed by atoms with Crippen LogP contribution in [0.15, 0.2) is 36.0 Å². The number of rotatable bonds is 4. The lowest BCUT2D eigenvalue weighted by Gasteiger charge is -2.34. The van der Waals surface area contributed by atoms with Crippen LogP contribution in [-0.2, 0) is 20.7 Å². The molecule has 4 rings (SSSR count). The summed E-state index contributed by atoms with van der Waals surface area (Å²) >= 11 is 0. The SMILES string of the molecule is CCc1ccc(N2C(=O)C[C@@H]([C@H]3CCCC=C3[NH+]3CCOCC3)C2=O)cc1. The second-order valence-electron chi connectivity index (χ2n) is 7.81. The summed E-state index contributed by atoms with van der Waals surface area (Å²) < 4.78 is 5.51. The maximum Gasteiger partial charge on any atom is 0.238 e. The zero-order valence-corrected chi connectivity index (χ0v) is 16.1. The number of anilines is 1. The fraction of sp³-hybridized carbons (Fsp3) is 0.545. The summed E-state index contributed by atoms with van der Waals surface area (Å²) in [6, 6.07) is 7.82. The Balaban J connectivity index is 1.56. The summed E-state index contributed by atoms with van der Waals surface area (Å²) in [7, 11) is 0. The fourth-order valence-corrected chi connectivity index (χ4v) is 4.75. The van der Waals surface area contributed by atoms with Crippen LogP contribution in [0.1, 0.15) is 38.2 Å². The maximum absolute atomic E-state index is 13.2. The number of nitrogens with zero attached hydrogens (tertiary/aromatic N) is 1. The predicted octanol–water partition coefficient (Wildman–Crippen LogP) is 1.73. The Hall–Kier alpha value is -1.98. The third kappa shape index (κ3) is 3.58. The molecule has 0 aromatic heterocycles. The Kier molecular flexibility index (Phi) is 5.41. The second-order valence-corrected chi connectivity index (χ2v) is 7.81. The van der Waals surface area contributed by atoms with Crippen molar-refractivity contribution in [2.24, 2.45) is 11.8 Å². The standard InChI is InChI=1S/C22H28N2O3/c1-2-16-7-9-17(10-8-16)24-21(25)15-19(22(24)26)18-5-3-4-6-20(18)23-11-13-27-14-12-23/h6-10,18-19H,2-5,11-15H2,1H3/p+1/t18-,19+/m1/s1. The molecule has 144 valence electrons. The van der Waals surface area contributed by atoms with Gasteiger partial charge in [0.15, 0.2) is 0 Å². The van der Waals surface area contributed by atoms with E-state index in [9.17, 15) is 9.59 Å². The summed E-state index contributed by atoms with van der Waals surface area (Å²) in [4.78, 5) is 28.8. The lowest BCUT2D eigenvalue weighted by atomic mass is 9.80. The van der Waals surface area contributed by atoms with Crippen molar-refractivity contribution in [2.75, 3.05) is 31.2 Å². The molecule has 0 spiro atoms. The topological polar surface area (TPSA) is 51.1 Å². The normalized spacial score (nSPS) is 27.1. The largest absolute Gasteiger partial charge is 0.370 e. The molecule has 5 heteroatoms. The lowest BCUT2D eigenvalue weighted by Crippen LogP contribution is -3.13. The number of aryl methyl sites for hydroxylation is 1. The molecule has 3 aliphatic rings. The summed E-state index contributed by atoms with van der Waals surface area (Å²) in [5, 5.41) is 0. The van der Waals surface area contributed by atoms with Crippen molar-refractivity contribution in [2.45, 2.75) is 39.0 Å². The van der Waals surface area contributed by atoms with E-state index in [0.29, 0.717) is 12.1 Å². The van der Waals surface area contributed by atoms with E-state index in [4.69, 9.17) is 4.74 Å². The lowest BCUT2D eigenvalue weighted by molar-refractivity contribution is -0.874. The molecule has 2 amide bonds. The van der Waals surface area contributed by atoms with Crippen LogP contribution in [0.4, 0.5) is 5.69 Å². The van der Waals surface area contributed by atoms with Gasteiger partial charge in [0, 0.05) is 12.3 Å². The quantitative estimate of drug-likeness (QED) is 0.823. The molecule has 0 radical (unpaired) electrons. The van der Waals surface area contributed by atoms with E-state index < -0.39 is 0 Å². The number of carbonyl (C=O) groups excluding carboxylic acids is 2. The van der Waals surface area contributed by atoms with Gasteiger partial charge in [-0.1, -0.05) is 19.1 Å². The van der Waals surface area contributed by atoms with Gasteiger partial charge in [-0.25, -0.2) is 0 Å². The van der Waals surface area contributed by atoms with E-state index in [0.717, 1.165) is 52.0 Å². The zero-order chi connectivity index (χ0) is 18.8. The third-order valence-electron chi connectivity index (χ3n) is 6.26. The fourth-order valence-electron chi connectivity index (χ4n) is 4.75. The van der Waals surface area contributed by atoms with Gasteiger partial charge in [-0.05, 0) is 49.5 Å². The number of quaternary nitrogens is 1. The van der Waals surface area contributed by atoms with E-state index in [1.54, 1.807) is 0 Å². The number of hydrogen-bond acceptors (Lipinski definition) is 3. The monoisotopic (exact) mass is 369 g/mol. The van der Waals surface area contributed by atoms with Gasteiger partial charge in [-0.15, -0.1) is 0 Å². The minimum Gasteiger partial charge on any atom is -0.370 e. The van der Waals surface area contributed by atoms with E-state index in [1.165, 1.54) is 21.1 Å². The van der Waals surface area contributed by atoms with Gasteiger partial charge in [0.2, 0.25) is 11.8 Å². The molecule has 2 fully saturated rings. The average Bonchev–Trinajstić information content (AvgIpc) is 3.02. The summed E-state index contributed by atoms with van der Waals surface area (Å²) in [5.74, 6) is -0.112. The van der Waals surface area contributed by atoms with E-state index >= 15 is 0 Å². The van der Waals surface area contributed by atoms with Crippen molar-refractivity contribution in [3.05, 3.63) is 41.6 Å². The van der Waals surface area contributed by atoms with Crippen molar-refractivity contribution in [1.82, 2.24) is 0 Å². The first-order valence-corrected chi connectivity index (χ1v) is 10.3. The predicted molar refractivity (Wildman–Crippen MR) is 103 cm³/mol. The van der Waals surface area contributed by atoms with Gasteiger partial charge in [0.05, 0.1) is 24.8 Å². The van der Waals surface area contributed by atoms with Gasteiger partial charge >= 0.3 is 0 Å². The molecular weight excluding hydrogens is 340 g/mol. The zero-order valence-electron chi connectivity index (χ0n) is 16.1. The molecule has 1 N–H and O–H groups in total. The van der Waals surface area contributed by atoms with Crippen LogP contribution in [-0.4, -0.2) is 38.1 Å². The van der Waals surface area contributed by atoms with Crippen molar-refractivity contribution >= 4 is 17.5 Å². The number of allylic oxidation sites excluding steroid dienone is 2. The van der Waals surface area contributed by atoms with Crippen molar-refractivity contribution in [3.8, 4) is 0 Å². The van der Waals surface area contributed by atoms with Gasteiger partial charge < -0.3 is 9.64 Å². The van der Waals surface area contributed by atoms with Crippen LogP contribution in [0.2, 0.25) is 0 Å². The third-order valence-corrected chi connectivity index (χ3v) is 6.26. The molecular formula is C22H29N2O3+. The van der Waals surface area contributed by atoms with Crippen LogP contribution >= 0.6 is 0 Å². The smallest absolute Gasteiger partial charge is 0.238 e. The highest BCUT2D eigenvalue weighted by Crippen LogP contribution is 2.37. The molecule has 0 saturated carbocycles. The Morgan fingerprint density at radius 3 is 2.56 bits per heavy atom. The molecule has 1 aromatic carbocycles. The summed E-state index contributed by atoms with van der Waals surface area (Å²) in [6.07, 6.45) is 6.78. The number of imide groups is 1. The number of carbonyl (C=O) groups is 2. The highest BCUT2D eigenvalue weighted by atomic mass is 16.5. The molecule has 1 aliphatic carbocycles. The highest BCUT2D eigenvalue weighted by molar-refractivity contribution is 6.21. The number of nitrogens with one attached hydrogen (secondary N) is 1. The maximum atomic E-state index is 13.2. The van der Waals surface area contributed by atoms with Crippen LogP contribution in [0, 0.1) is 11.8 Å². The summed E-state index contributed by atoms with van der Waals surface area (Å²) in [5.41, 5.74) is 3.27. The molecule has 0 unspecified atom stereocenters. The number of benzene rings is 1.